The van der Waals surface area contributed by atoms with Gasteiger partial charge in [0.25, 0.3) is 0 Å². The summed E-state index contributed by atoms with van der Waals surface area (Å²) in [6, 6.07) is 7.24. The molecular weight excluding hydrogens is 194 g/mol. The second kappa shape index (κ2) is 5.01. The SMILES string of the molecule is Cc1cccc(CNC(C)CC2CC2)c1C. The van der Waals surface area contributed by atoms with E-state index in [1.807, 2.05) is 0 Å². The summed E-state index contributed by atoms with van der Waals surface area (Å²) in [5, 5.41) is 3.64. The van der Waals surface area contributed by atoms with Gasteiger partial charge in [0.2, 0.25) is 0 Å². The number of aryl methyl sites for hydroxylation is 1. The molecule has 1 aromatic rings. The zero-order valence-corrected chi connectivity index (χ0v) is 10.7. The molecule has 0 aromatic heterocycles. The number of rotatable bonds is 5. The number of hydrogen-bond acceptors (Lipinski definition) is 1. The standard InChI is InChI=1S/C15H23N/c1-11-5-4-6-15(13(11)3)10-16-12(2)9-14-7-8-14/h4-6,12,14,16H,7-10H2,1-3H3. The summed E-state index contributed by atoms with van der Waals surface area (Å²) in [5.41, 5.74) is 4.28. The summed E-state index contributed by atoms with van der Waals surface area (Å²) in [6.45, 7) is 7.73. The van der Waals surface area contributed by atoms with Crippen molar-refractivity contribution >= 4 is 0 Å². The topological polar surface area (TPSA) is 12.0 Å². The molecule has 1 aromatic carbocycles. The van der Waals surface area contributed by atoms with Crippen LogP contribution in [-0.4, -0.2) is 6.04 Å². The first-order valence-corrected chi connectivity index (χ1v) is 6.45. The minimum Gasteiger partial charge on any atom is -0.310 e. The smallest absolute Gasteiger partial charge is 0.0210 e. The van der Waals surface area contributed by atoms with Gasteiger partial charge in [0.1, 0.15) is 0 Å². The van der Waals surface area contributed by atoms with E-state index in [2.05, 4.69) is 44.3 Å². The molecule has 1 aliphatic rings. The molecular formula is C15H23N. The predicted octanol–water partition coefficient (Wildman–Crippen LogP) is 3.58. The Balaban J connectivity index is 1.85. The van der Waals surface area contributed by atoms with Crippen LogP contribution in [0.4, 0.5) is 0 Å². The molecule has 1 unspecified atom stereocenters. The Morgan fingerprint density at radius 1 is 1.31 bits per heavy atom. The van der Waals surface area contributed by atoms with E-state index in [1.54, 1.807) is 0 Å². The third-order valence-corrected chi connectivity index (χ3v) is 3.74. The minimum absolute atomic E-state index is 0.660. The Labute approximate surface area is 99.3 Å². The van der Waals surface area contributed by atoms with Crippen LogP contribution >= 0.6 is 0 Å². The zero-order chi connectivity index (χ0) is 11.5. The second-order valence-electron chi connectivity index (χ2n) is 5.32. The van der Waals surface area contributed by atoms with E-state index in [0.717, 1.165) is 12.5 Å². The van der Waals surface area contributed by atoms with Crippen LogP contribution in [0.25, 0.3) is 0 Å². The molecule has 1 heteroatoms. The van der Waals surface area contributed by atoms with Gasteiger partial charge in [-0.3, -0.25) is 0 Å². The summed E-state index contributed by atoms with van der Waals surface area (Å²) in [5.74, 6) is 1.01. The molecule has 16 heavy (non-hydrogen) atoms. The van der Waals surface area contributed by atoms with Crippen molar-refractivity contribution < 1.29 is 0 Å². The molecule has 0 radical (unpaired) electrons. The Bertz CT molecular complexity index is 352. The van der Waals surface area contributed by atoms with Crippen molar-refractivity contribution in [2.24, 2.45) is 5.92 Å². The van der Waals surface area contributed by atoms with Crippen LogP contribution < -0.4 is 5.32 Å². The van der Waals surface area contributed by atoms with Gasteiger partial charge < -0.3 is 5.32 Å². The molecule has 2 rings (SSSR count). The Morgan fingerprint density at radius 3 is 2.75 bits per heavy atom. The average molecular weight is 217 g/mol. The molecule has 0 spiro atoms. The van der Waals surface area contributed by atoms with E-state index in [4.69, 9.17) is 0 Å². The van der Waals surface area contributed by atoms with E-state index >= 15 is 0 Å². The number of nitrogens with one attached hydrogen (secondary N) is 1. The van der Waals surface area contributed by atoms with E-state index in [1.165, 1.54) is 36.0 Å². The van der Waals surface area contributed by atoms with Gasteiger partial charge in [-0.25, -0.2) is 0 Å². The highest BCUT2D eigenvalue weighted by Gasteiger charge is 2.23. The third-order valence-electron chi connectivity index (χ3n) is 3.74. The predicted molar refractivity (Wildman–Crippen MR) is 69.6 cm³/mol. The van der Waals surface area contributed by atoms with Crippen molar-refractivity contribution in [3.8, 4) is 0 Å². The Hall–Kier alpha value is -0.820. The van der Waals surface area contributed by atoms with Gasteiger partial charge >= 0.3 is 0 Å². The van der Waals surface area contributed by atoms with Crippen molar-refractivity contribution in [1.29, 1.82) is 0 Å². The van der Waals surface area contributed by atoms with E-state index in [9.17, 15) is 0 Å². The van der Waals surface area contributed by atoms with Crippen LogP contribution in [0.15, 0.2) is 18.2 Å². The molecule has 1 aliphatic carbocycles. The van der Waals surface area contributed by atoms with E-state index < -0.39 is 0 Å². The van der Waals surface area contributed by atoms with Crippen LogP contribution in [0, 0.1) is 19.8 Å². The molecule has 0 amide bonds. The molecule has 0 bridgehead atoms. The molecule has 0 heterocycles. The van der Waals surface area contributed by atoms with Crippen LogP contribution in [0.1, 0.15) is 42.9 Å². The van der Waals surface area contributed by atoms with Gasteiger partial charge in [0, 0.05) is 12.6 Å². The molecule has 1 fully saturated rings. The monoisotopic (exact) mass is 217 g/mol. The molecule has 1 saturated carbocycles. The summed E-state index contributed by atoms with van der Waals surface area (Å²) in [7, 11) is 0. The molecule has 0 saturated heterocycles. The Morgan fingerprint density at radius 2 is 2.06 bits per heavy atom. The maximum Gasteiger partial charge on any atom is 0.0210 e. The fourth-order valence-corrected chi connectivity index (χ4v) is 2.22. The van der Waals surface area contributed by atoms with Crippen molar-refractivity contribution in [3.63, 3.8) is 0 Å². The maximum atomic E-state index is 3.64. The zero-order valence-electron chi connectivity index (χ0n) is 10.7. The van der Waals surface area contributed by atoms with Crippen LogP contribution in [0.3, 0.4) is 0 Å². The van der Waals surface area contributed by atoms with Gasteiger partial charge in [0.05, 0.1) is 0 Å². The maximum absolute atomic E-state index is 3.64. The highest BCUT2D eigenvalue weighted by molar-refractivity contribution is 5.32. The second-order valence-corrected chi connectivity index (χ2v) is 5.32. The first-order chi connectivity index (χ1) is 7.66. The molecule has 1 atom stereocenters. The lowest BCUT2D eigenvalue weighted by atomic mass is 10.0. The van der Waals surface area contributed by atoms with Crippen molar-refractivity contribution in [2.45, 2.75) is 52.6 Å². The van der Waals surface area contributed by atoms with Crippen LogP contribution in [-0.2, 0) is 6.54 Å². The largest absolute Gasteiger partial charge is 0.310 e. The summed E-state index contributed by atoms with van der Waals surface area (Å²) in [6.07, 6.45) is 4.26. The van der Waals surface area contributed by atoms with Gasteiger partial charge in [0.15, 0.2) is 0 Å². The number of benzene rings is 1. The van der Waals surface area contributed by atoms with Gasteiger partial charge in [-0.05, 0) is 49.8 Å². The third kappa shape index (κ3) is 3.08. The van der Waals surface area contributed by atoms with Gasteiger partial charge in [-0.2, -0.15) is 0 Å². The quantitative estimate of drug-likeness (QED) is 0.795. The molecule has 88 valence electrons. The first-order valence-electron chi connectivity index (χ1n) is 6.45. The summed E-state index contributed by atoms with van der Waals surface area (Å²) < 4.78 is 0. The van der Waals surface area contributed by atoms with Crippen LogP contribution in [0.5, 0.6) is 0 Å². The molecule has 1 nitrogen and oxygen atoms in total. The van der Waals surface area contributed by atoms with Crippen molar-refractivity contribution in [1.82, 2.24) is 5.32 Å². The van der Waals surface area contributed by atoms with Gasteiger partial charge in [-0.15, -0.1) is 0 Å². The first kappa shape index (κ1) is 11.7. The minimum atomic E-state index is 0.660. The van der Waals surface area contributed by atoms with Crippen LogP contribution in [0.2, 0.25) is 0 Å². The van der Waals surface area contributed by atoms with E-state index in [0.29, 0.717) is 6.04 Å². The fourth-order valence-electron chi connectivity index (χ4n) is 2.22. The highest BCUT2D eigenvalue weighted by Crippen LogP contribution is 2.33. The lowest BCUT2D eigenvalue weighted by Crippen LogP contribution is -2.26. The molecule has 1 N–H and O–H groups in total. The lowest BCUT2D eigenvalue weighted by Gasteiger charge is -2.15. The Kier molecular flexibility index (Phi) is 3.65. The number of hydrogen-bond donors (Lipinski definition) is 1. The average Bonchev–Trinajstić information content (AvgIpc) is 3.04. The van der Waals surface area contributed by atoms with Crippen molar-refractivity contribution in [3.05, 3.63) is 34.9 Å². The summed E-state index contributed by atoms with van der Waals surface area (Å²) in [4.78, 5) is 0. The fraction of sp³-hybridized carbons (Fsp3) is 0.600. The van der Waals surface area contributed by atoms with Crippen molar-refractivity contribution in [2.75, 3.05) is 0 Å². The lowest BCUT2D eigenvalue weighted by molar-refractivity contribution is 0.487. The normalized spacial score (nSPS) is 17.4. The van der Waals surface area contributed by atoms with E-state index in [-0.39, 0.29) is 0 Å². The summed E-state index contributed by atoms with van der Waals surface area (Å²) >= 11 is 0. The molecule has 0 aliphatic heterocycles. The van der Waals surface area contributed by atoms with Gasteiger partial charge in [-0.1, -0.05) is 31.0 Å². The highest BCUT2D eigenvalue weighted by atomic mass is 14.9.